The quantitative estimate of drug-likeness (QED) is 0.836. The maximum Gasteiger partial charge on any atom is 0.243 e. The molecule has 1 aliphatic heterocycles. The number of sulfonamides is 1. The SMILES string of the molecule is CCC(=O)Nc1ccc(S(=O)(=O)N2CCC(C)(CN)C2)cc1.Cl. The molecule has 0 radical (unpaired) electrons. The number of nitrogens with one attached hydrogen (secondary N) is 1. The molecule has 1 aromatic carbocycles. The Morgan fingerprint density at radius 2 is 1.96 bits per heavy atom. The number of hydrogen-bond donors (Lipinski definition) is 2. The van der Waals surface area contributed by atoms with Crippen LogP contribution in [0.25, 0.3) is 0 Å². The Labute approximate surface area is 143 Å². The van der Waals surface area contributed by atoms with Gasteiger partial charge in [0.25, 0.3) is 0 Å². The Morgan fingerprint density at radius 1 is 1.35 bits per heavy atom. The van der Waals surface area contributed by atoms with Crippen LogP contribution in [0.15, 0.2) is 29.2 Å². The van der Waals surface area contributed by atoms with Gasteiger partial charge in [-0.1, -0.05) is 13.8 Å². The van der Waals surface area contributed by atoms with Crippen LogP contribution in [0.5, 0.6) is 0 Å². The van der Waals surface area contributed by atoms with E-state index in [0.717, 1.165) is 6.42 Å². The maximum atomic E-state index is 12.6. The minimum atomic E-state index is -3.51. The molecule has 0 saturated carbocycles. The monoisotopic (exact) mass is 361 g/mol. The molecule has 1 fully saturated rings. The second kappa shape index (κ2) is 7.61. The van der Waals surface area contributed by atoms with Crippen LogP contribution in [-0.4, -0.2) is 38.3 Å². The summed E-state index contributed by atoms with van der Waals surface area (Å²) in [5, 5.41) is 2.70. The Bertz CT molecular complexity index is 648. The van der Waals surface area contributed by atoms with Gasteiger partial charge in [0.15, 0.2) is 0 Å². The molecule has 0 aliphatic carbocycles. The Hall–Kier alpha value is -1.15. The van der Waals surface area contributed by atoms with Crippen LogP contribution in [0.3, 0.4) is 0 Å². The van der Waals surface area contributed by atoms with Crippen LogP contribution in [0.1, 0.15) is 26.7 Å². The van der Waals surface area contributed by atoms with E-state index in [1.807, 2.05) is 6.92 Å². The summed E-state index contributed by atoms with van der Waals surface area (Å²) in [6.07, 6.45) is 1.15. The van der Waals surface area contributed by atoms with E-state index in [1.54, 1.807) is 19.1 Å². The first-order valence-corrected chi connectivity index (χ1v) is 8.85. The predicted molar refractivity (Wildman–Crippen MR) is 93.1 cm³/mol. The number of carbonyl (C=O) groups excluding carboxylic acids is 1. The molecule has 0 aromatic heterocycles. The molecule has 3 N–H and O–H groups in total. The first-order valence-electron chi connectivity index (χ1n) is 7.41. The van der Waals surface area contributed by atoms with E-state index in [4.69, 9.17) is 5.73 Å². The van der Waals surface area contributed by atoms with Crippen molar-refractivity contribution in [1.82, 2.24) is 4.31 Å². The molecule has 1 amide bonds. The van der Waals surface area contributed by atoms with Crippen molar-refractivity contribution in [3.05, 3.63) is 24.3 Å². The summed E-state index contributed by atoms with van der Waals surface area (Å²) in [6.45, 7) is 5.17. The van der Waals surface area contributed by atoms with Gasteiger partial charge in [-0.2, -0.15) is 4.31 Å². The summed E-state index contributed by atoms with van der Waals surface area (Å²) in [5.74, 6) is -0.103. The molecule has 1 unspecified atom stereocenters. The van der Waals surface area contributed by atoms with Gasteiger partial charge in [0.1, 0.15) is 0 Å². The van der Waals surface area contributed by atoms with E-state index < -0.39 is 10.0 Å². The second-order valence-corrected chi connectivity index (χ2v) is 7.97. The van der Waals surface area contributed by atoms with Crippen molar-refractivity contribution in [3.8, 4) is 0 Å². The zero-order chi connectivity index (χ0) is 16.4. The van der Waals surface area contributed by atoms with Gasteiger partial charge in [0.2, 0.25) is 15.9 Å². The number of carbonyl (C=O) groups is 1. The predicted octanol–water partition coefficient (Wildman–Crippen LogP) is 1.82. The van der Waals surface area contributed by atoms with Crippen molar-refractivity contribution < 1.29 is 13.2 Å². The molecule has 1 aromatic rings. The Kier molecular flexibility index (Phi) is 6.59. The molecular formula is C15H24ClN3O3S. The second-order valence-electron chi connectivity index (χ2n) is 6.03. The fourth-order valence-corrected chi connectivity index (χ4v) is 4.05. The van der Waals surface area contributed by atoms with Crippen LogP contribution in [0.2, 0.25) is 0 Å². The smallest absolute Gasteiger partial charge is 0.243 e. The van der Waals surface area contributed by atoms with Crippen molar-refractivity contribution in [2.45, 2.75) is 31.6 Å². The van der Waals surface area contributed by atoms with E-state index >= 15 is 0 Å². The van der Waals surface area contributed by atoms with Crippen molar-refractivity contribution in [2.75, 3.05) is 25.0 Å². The molecule has 0 spiro atoms. The van der Waals surface area contributed by atoms with Crippen LogP contribution in [0, 0.1) is 5.41 Å². The summed E-state index contributed by atoms with van der Waals surface area (Å²) in [6, 6.07) is 6.27. The number of hydrogen-bond acceptors (Lipinski definition) is 4. The molecule has 130 valence electrons. The van der Waals surface area contributed by atoms with Gasteiger partial charge in [0.05, 0.1) is 4.90 Å². The molecular weight excluding hydrogens is 338 g/mol. The van der Waals surface area contributed by atoms with Gasteiger partial charge < -0.3 is 11.1 Å². The molecule has 6 nitrogen and oxygen atoms in total. The number of nitrogens with two attached hydrogens (primary N) is 1. The minimum absolute atomic E-state index is 0. The number of halogens is 1. The zero-order valence-corrected chi connectivity index (χ0v) is 15.0. The largest absolute Gasteiger partial charge is 0.330 e. The highest BCUT2D eigenvalue weighted by Gasteiger charge is 2.38. The fraction of sp³-hybridized carbons (Fsp3) is 0.533. The van der Waals surface area contributed by atoms with Crippen molar-refractivity contribution >= 4 is 34.0 Å². The van der Waals surface area contributed by atoms with Crippen LogP contribution < -0.4 is 11.1 Å². The minimum Gasteiger partial charge on any atom is -0.330 e. The highest BCUT2D eigenvalue weighted by molar-refractivity contribution is 7.89. The first kappa shape index (κ1) is 19.9. The number of amides is 1. The lowest BCUT2D eigenvalue weighted by molar-refractivity contribution is -0.115. The number of anilines is 1. The van der Waals surface area contributed by atoms with Gasteiger partial charge >= 0.3 is 0 Å². The standard InChI is InChI=1S/C15H23N3O3S.ClH/c1-3-14(19)17-12-4-6-13(7-5-12)22(20,21)18-9-8-15(2,10-16)11-18;/h4-7H,3,8-11,16H2,1-2H3,(H,17,19);1H. The molecule has 1 heterocycles. The highest BCUT2D eigenvalue weighted by Crippen LogP contribution is 2.32. The summed E-state index contributed by atoms with van der Waals surface area (Å²) < 4.78 is 26.7. The van der Waals surface area contributed by atoms with Gasteiger partial charge in [-0.05, 0) is 42.6 Å². The van der Waals surface area contributed by atoms with Crippen molar-refractivity contribution in [1.29, 1.82) is 0 Å². The lowest BCUT2D eigenvalue weighted by Crippen LogP contribution is -2.34. The molecule has 1 aliphatic rings. The summed E-state index contributed by atoms with van der Waals surface area (Å²) in [5.41, 5.74) is 6.18. The van der Waals surface area contributed by atoms with E-state index in [-0.39, 0.29) is 28.6 Å². The van der Waals surface area contributed by atoms with E-state index in [2.05, 4.69) is 5.32 Å². The Balaban J connectivity index is 0.00000264. The maximum absolute atomic E-state index is 12.6. The van der Waals surface area contributed by atoms with Gasteiger partial charge in [-0.25, -0.2) is 8.42 Å². The normalized spacial score (nSPS) is 21.7. The van der Waals surface area contributed by atoms with E-state index in [0.29, 0.717) is 31.7 Å². The average molecular weight is 362 g/mol. The number of rotatable bonds is 5. The lowest BCUT2D eigenvalue weighted by Gasteiger charge is -2.22. The third kappa shape index (κ3) is 4.44. The third-order valence-electron chi connectivity index (χ3n) is 4.11. The van der Waals surface area contributed by atoms with Crippen LogP contribution in [0.4, 0.5) is 5.69 Å². The molecule has 0 bridgehead atoms. The van der Waals surface area contributed by atoms with Crippen molar-refractivity contribution in [3.63, 3.8) is 0 Å². The highest BCUT2D eigenvalue weighted by atomic mass is 35.5. The number of nitrogens with zero attached hydrogens (tertiary/aromatic N) is 1. The lowest BCUT2D eigenvalue weighted by atomic mass is 9.90. The fourth-order valence-electron chi connectivity index (χ4n) is 2.46. The Morgan fingerprint density at radius 3 is 2.43 bits per heavy atom. The summed E-state index contributed by atoms with van der Waals surface area (Å²) in [7, 11) is -3.51. The van der Waals surface area contributed by atoms with Crippen LogP contribution >= 0.6 is 12.4 Å². The van der Waals surface area contributed by atoms with E-state index in [1.165, 1.54) is 16.4 Å². The molecule has 1 saturated heterocycles. The topological polar surface area (TPSA) is 92.5 Å². The summed E-state index contributed by atoms with van der Waals surface area (Å²) in [4.78, 5) is 11.6. The van der Waals surface area contributed by atoms with Crippen LogP contribution in [-0.2, 0) is 14.8 Å². The van der Waals surface area contributed by atoms with Gasteiger partial charge in [-0.15, -0.1) is 12.4 Å². The van der Waals surface area contributed by atoms with Crippen molar-refractivity contribution in [2.24, 2.45) is 11.1 Å². The van der Waals surface area contributed by atoms with E-state index in [9.17, 15) is 13.2 Å². The third-order valence-corrected chi connectivity index (χ3v) is 5.97. The summed E-state index contributed by atoms with van der Waals surface area (Å²) >= 11 is 0. The first-order chi connectivity index (χ1) is 10.3. The van der Waals surface area contributed by atoms with Gasteiger partial charge in [-0.3, -0.25) is 4.79 Å². The molecule has 1 atom stereocenters. The zero-order valence-electron chi connectivity index (χ0n) is 13.4. The number of benzene rings is 1. The molecule has 8 heteroatoms. The average Bonchev–Trinajstić information content (AvgIpc) is 2.92. The molecule has 2 rings (SSSR count). The molecule has 23 heavy (non-hydrogen) atoms. The van der Waals surface area contributed by atoms with Gasteiger partial charge in [0, 0.05) is 25.2 Å².